The van der Waals surface area contributed by atoms with Crippen molar-refractivity contribution in [3.8, 4) is 23.0 Å². The van der Waals surface area contributed by atoms with Gasteiger partial charge < -0.3 is 55.3 Å². The minimum absolute atomic E-state index is 0.00196. The standard InChI is InChI=1S/C22H27FN4O7.C22H29FN4O5/c1-22(2,3)34-21(30)24-11-7-8-25(10-11)16-14(23)9-13-15(19(16)33-4)26(12-5-6-12)20(29)17(18(13)28)27(31)32;1-22(2,3)32-21(30)25-11-7-8-26(10-11)17-14(23)9-13-16(19(17)31-4)27(12-5-6-12)20(29)15(24)18(13)28/h9,11-12,28H,5-8,10H2,1-4H3,(H,24,30);9,11-12,28H,5-8,10,24H2,1-4H3,(H,25,30). The first-order valence-electron chi connectivity index (χ1n) is 21.7. The maximum atomic E-state index is 15.4. The SMILES string of the molecule is COc1c(N2CCC(NC(=O)OC(C)(C)C)C2)c(F)cc2c(O)c(N)c(=O)n(C3CC3)c12.COc1c(N2CCC(NC(=O)OC(C)(C)C)C2)c(F)cc2c(O)c([N+](=O)[O-])c(=O)n(C3CC3)c12. The van der Waals surface area contributed by atoms with Gasteiger partial charge in [0.1, 0.15) is 39.3 Å². The number of fused-ring (bicyclic) bond motifs is 2. The molecule has 0 spiro atoms. The molecule has 0 bridgehead atoms. The second-order valence-corrected chi connectivity index (χ2v) is 19.0. The molecule has 2 aliphatic carbocycles. The number of nitrogens with zero attached hydrogens (tertiary/aromatic N) is 5. The molecule has 4 heterocycles. The van der Waals surface area contributed by atoms with E-state index in [0.717, 1.165) is 18.9 Å². The van der Waals surface area contributed by atoms with E-state index in [9.17, 15) is 39.5 Å². The molecular formula is C44H56F2N8O12. The molecule has 2 aliphatic heterocycles. The van der Waals surface area contributed by atoms with Crippen LogP contribution in [0.4, 0.5) is 41.1 Å². The summed E-state index contributed by atoms with van der Waals surface area (Å²) in [6, 6.07) is 1.25. The predicted molar refractivity (Wildman–Crippen MR) is 240 cm³/mol. The van der Waals surface area contributed by atoms with E-state index in [-0.39, 0.29) is 75.6 Å². The monoisotopic (exact) mass is 926 g/mol. The zero-order valence-corrected chi connectivity index (χ0v) is 38.1. The van der Waals surface area contributed by atoms with Gasteiger partial charge >= 0.3 is 23.4 Å². The number of hydrogen-bond donors (Lipinski definition) is 5. The number of amides is 2. The highest BCUT2D eigenvalue weighted by molar-refractivity contribution is 5.99. The number of pyridine rings is 2. The number of anilines is 3. The van der Waals surface area contributed by atoms with Gasteiger partial charge in [-0.2, -0.15) is 0 Å². The summed E-state index contributed by atoms with van der Waals surface area (Å²) < 4.78 is 55.2. The van der Waals surface area contributed by atoms with E-state index in [1.54, 1.807) is 51.3 Å². The Hall–Kier alpha value is -6.74. The molecule has 2 saturated carbocycles. The molecule has 2 unspecified atom stereocenters. The number of carbonyl (C=O) groups is 2. The number of nitrogens with two attached hydrogens (primary N) is 1. The highest BCUT2D eigenvalue weighted by Crippen LogP contribution is 2.49. The van der Waals surface area contributed by atoms with Crippen LogP contribution in [0.5, 0.6) is 23.0 Å². The largest absolute Gasteiger partial charge is 0.505 e. The van der Waals surface area contributed by atoms with E-state index >= 15 is 8.78 Å². The number of hydrogen-bond acceptors (Lipinski definition) is 15. The summed E-state index contributed by atoms with van der Waals surface area (Å²) in [6.07, 6.45) is 2.82. The Labute approximate surface area is 377 Å². The van der Waals surface area contributed by atoms with Crippen LogP contribution >= 0.6 is 0 Å². The Kier molecular flexibility index (Phi) is 12.6. The molecule has 6 N–H and O–H groups in total. The number of nitrogen functional groups attached to an aromatic ring is 1. The predicted octanol–water partition coefficient (Wildman–Crippen LogP) is 6.08. The smallest absolute Gasteiger partial charge is 0.407 e. The zero-order chi connectivity index (χ0) is 48.3. The van der Waals surface area contributed by atoms with E-state index in [0.29, 0.717) is 50.8 Å². The number of halogens is 2. The van der Waals surface area contributed by atoms with E-state index in [2.05, 4.69) is 10.6 Å². The van der Waals surface area contributed by atoms with E-state index in [4.69, 9.17) is 24.7 Å². The van der Waals surface area contributed by atoms with Gasteiger partial charge in [-0.05, 0) is 92.2 Å². The molecule has 20 nitrogen and oxygen atoms in total. The number of rotatable bonds is 9. The van der Waals surface area contributed by atoms with Gasteiger partial charge in [-0.15, -0.1) is 0 Å². The molecule has 22 heteroatoms. The van der Waals surface area contributed by atoms with Gasteiger partial charge in [0.2, 0.25) is 5.75 Å². The molecule has 2 amide bonds. The van der Waals surface area contributed by atoms with Crippen molar-refractivity contribution < 1.29 is 52.5 Å². The molecule has 8 rings (SSSR count). The van der Waals surface area contributed by atoms with Gasteiger partial charge in [0.15, 0.2) is 28.9 Å². The van der Waals surface area contributed by atoms with E-state index < -0.39 is 68.3 Å². The third-order valence-electron chi connectivity index (χ3n) is 11.6. The van der Waals surface area contributed by atoms with Crippen LogP contribution in [0.2, 0.25) is 0 Å². The maximum absolute atomic E-state index is 15.4. The Morgan fingerprint density at radius 2 is 1.12 bits per heavy atom. The van der Waals surface area contributed by atoms with Crippen LogP contribution in [0.3, 0.4) is 0 Å². The quantitative estimate of drug-likeness (QED) is 0.0942. The van der Waals surface area contributed by atoms with Crippen molar-refractivity contribution in [2.75, 3.05) is 55.9 Å². The summed E-state index contributed by atoms with van der Waals surface area (Å²) in [7, 11) is 2.71. The molecular weight excluding hydrogens is 871 g/mol. The van der Waals surface area contributed by atoms with Gasteiger partial charge in [-0.3, -0.25) is 28.8 Å². The maximum Gasteiger partial charge on any atom is 0.407 e. The Balaban J connectivity index is 0.000000197. The van der Waals surface area contributed by atoms with Crippen LogP contribution in [0, 0.1) is 21.7 Å². The van der Waals surface area contributed by atoms with Crippen molar-refractivity contribution in [2.45, 2.75) is 115 Å². The van der Waals surface area contributed by atoms with E-state index in [1.807, 2.05) is 0 Å². The number of methoxy groups -OCH3 is 2. The van der Waals surface area contributed by atoms with Crippen molar-refractivity contribution in [3.63, 3.8) is 0 Å². The number of alkyl carbamates (subject to hydrolysis) is 2. The fraction of sp³-hybridized carbons (Fsp3) is 0.545. The van der Waals surface area contributed by atoms with Gasteiger partial charge in [-0.25, -0.2) is 18.4 Å². The van der Waals surface area contributed by atoms with Crippen LogP contribution in [-0.2, 0) is 9.47 Å². The van der Waals surface area contributed by atoms with Crippen LogP contribution in [-0.4, -0.2) is 100 Å². The third-order valence-corrected chi connectivity index (χ3v) is 11.6. The van der Waals surface area contributed by atoms with Crippen LogP contribution in [0.1, 0.15) is 92.2 Å². The summed E-state index contributed by atoms with van der Waals surface area (Å²) >= 11 is 0. The average molecular weight is 927 g/mol. The van der Waals surface area contributed by atoms with Gasteiger partial charge in [0.05, 0.1) is 36.6 Å². The normalized spacial score (nSPS) is 18.5. The lowest BCUT2D eigenvalue weighted by Gasteiger charge is -2.25. The van der Waals surface area contributed by atoms with Crippen molar-refractivity contribution in [1.82, 2.24) is 19.8 Å². The Bertz CT molecular complexity index is 2740. The van der Waals surface area contributed by atoms with Gasteiger partial charge in [0.25, 0.3) is 5.56 Å². The number of aromatic hydroxyl groups is 2. The summed E-state index contributed by atoms with van der Waals surface area (Å²) in [6.45, 7) is 12.0. The highest BCUT2D eigenvalue weighted by Gasteiger charge is 2.39. The van der Waals surface area contributed by atoms with Crippen molar-refractivity contribution in [3.05, 3.63) is 54.6 Å². The summed E-state index contributed by atoms with van der Waals surface area (Å²) in [5, 5.41) is 38.0. The summed E-state index contributed by atoms with van der Waals surface area (Å²) in [4.78, 5) is 64.0. The first-order chi connectivity index (χ1) is 30.9. The van der Waals surface area contributed by atoms with E-state index in [1.165, 1.54) is 29.4 Å². The number of nitrogens with one attached hydrogen (secondary N) is 2. The minimum atomic E-state index is -0.989. The average Bonchev–Trinajstić information content (AvgIpc) is 4.14. The molecule has 358 valence electrons. The number of ether oxygens (including phenoxy) is 4. The molecule has 4 aliphatic rings. The van der Waals surface area contributed by atoms with Crippen molar-refractivity contribution in [2.24, 2.45) is 0 Å². The minimum Gasteiger partial charge on any atom is -0.505 e. The molecule has 66 heavy (non-hydrogen) atoms. The fourth-order valence-corrected chi connectivity index (χ4v) is 8.59. The number of carbonyl (C=O) groups excluding carboxylic acids is 2. The number of nitro groups is 1. The molecule has 4 aromatic rings. The molecule has 0 radical (unpaired) electrons. The lowest BCUT2D eigenvalue weighted by molar-refractivity contribution is -0.387. The van der Waals surface area contributed by atoms with Gasteiger partial charge in [0, 0.05) is 43.6 Å². The molecule has 4 fully saturated rings. The van der Waals surface area contributed by atoms with Crippen LogP contribution in [0.15, 0.2) is 21.7 Å². The molecule has 2 atom stereocenters. The molecule has 2 aromatic carbocycles. The first-order valence-corrected chi connectivity index (χ1v) is 21.7. The second kappa shape index (κ2) is 17.6. The number of benzene rings is 2. The fourth-order valence-electron chi connectivity index (χ4n) is 8.59. The lowest BCUT2D eigenvalue weighted by Crippen LogP contribution is -2.40. The highest BCUT2D eigenvalue weighted by atomic mass is 19.1. The Morgan fingerprint density at radius 1 is 0.727 bits per heavy atom. The molecule has 2 saturated heterocycles. The summed E-state index contributed by atoms with van der Waals surface area (Å²) in [5.41, 5.74) is 2.45. The van der Waals surface area contributed by atoms with Crippen molar-refractivity contribution >= 4 is 56.7 Å². The zero-order valence-electron chi connectivity index (χ0n) is 38.1. The second-order valence-electron chi connectivity index (χ2n) is 19.0. The lowest BCUT2D eigenvalue weighted by atomic mass is 10.1. The molecule has 2 aromatic heterocycles. The van der Waals surface area contributed by atoms with Gasteiger partial charge in [-0.1, -0.05) is 0 Å². The Morgan fingerprint density at radius 3 is 1.48 bits per heavy atom. The first kappa shape index (κ1) is 47.2. The van der Waals surface area contributed by atoms with Crippen molar-refractivity contribution in [1.29, 1.82) is 0 Å². The number of aromatic nitrogens is 2. The topological polar surface area (TPSA) is 255 Å². The van der Waals surface area contributed by atoms with Crippen LogP contribution in [0.25, 0.3) is 21.8 Å². The third kappa shape index (κ3) is 9.35. The van der Waals surface area contributed by atoms with Crippen LogP contribution < -0.4 is 46.8 Å². The summed E-state index contributed by atoms with van der Waals surface area (Å²) in [5.74, 6) is -2.55.